The maximum absolute atomic E-state index is 5.51. The Bertz CT molecular complexity index is 313. The highest BCUT2D eigenvalue weighted by atomic mass is 32.1. The number of rotatable bonds is 3. The first-order valence-electron chi connectivity index (χ1n) is 5.50. The molecule has 0 radical (unpaired) electrons. The second-order valence-electron chi connectivity index (χ2n) is 4.14. The summed E-state index contributed by atoms with van der Waals surface area (Å²) in [6, 6.07) is 0.593. The van der Waals surface area contributed by atoms with Crippen LogP contribution < -0.4 is 5.32 Å². The third kappa shape index (κ3) is 3.26. The number of hydrogen-bond acceptors (Lipinski definition) is 4. The van der Waals surface area contributed by atoms with Crippen LogP contribution in [0.25, 0.3) is 0 Å². The molecule has 0 saturated carbocycles. The Kier molecular flexibility index (Phi) is 3.72. The van der Waals surface area contributed by atoms with Gasteiger partial charge in [-0.15, -0.1) is 11.3 Å². The topological polar surface area (TPSA) is 34.2 Å². The minimum Gasteiger partial charge on any atom is -0.378 e. The molecule has 0 amide bonds. The molecule has 0 aromatic carbocycles. The Morgan fingerprint density at radius 1 is 1.67 bits per heavy atom. The molecule has 2 heterocycles. The van der Waals surface area contributed by atoms with Crippen LogP contribution in [0.2, 0.25) is 0 Å². The maximum Gasteiger partial charge on any atom is 0.0897 e. The van der Waals surface area contributed by atoms with Gasteiger partial charge in [-0.2, -0.15) is 0 Å². The lowest BCUT2D eigenvalue weighted by Gasteiger charge is -2.27. The molecule has 1 aromatic heterocycles. The van der Waals surface area contributed by atoms with Gasteiger partial charge in [-0.05, 0) is 26.7 Å². The SMILES string of the molecule is Cc1nc(CNC2CCOC(C)C2)cs1. The van der Waals surface area contributed by atoms with E-state index in [4.69, 9.17) is 4.74 Å². The summed E-state index contributed by atoms with van der Waals surface area (Å²) >= 11 is 1.72. The highest BCUT2D eigenvalue weighted by Crippen LogP contribution is 2.14. The molecule has 1 aliphatic rings. The van der Waals surface area contributed by atoms with Crippen LogP contribution in [0.15, 0.2) is 5.38 Å². The van der Waals surface area contributed by atoms with E-state index in [0.717, 1.165) is 36.7 Å². The third-order valence-corrected chi connectivity index (χ3v) is 3.55. The van der Waals surface area contributed by atoms with Gasteiger partial charge in [0.25, 0.3) is 0 Å². The van der Waals surface area contributed by atoms with Gasteiger partial charge in [0.15, 0.2) is 0 Å². The molecule has 0 spiro atoms. The van der Waals surface area contributed by atoms with Crippen molar-refractivity contribution in [2.24, 2.45) is 0 Å². The molecule has 2 rings (SSSR count). The number of thiazole rings is 1. The molecule has 84 valence electrons. The van der Waals surface area contributed by atoms with Crippen molar-refractivity contribution in [1.82, 2.24) is 10.3 Å². The van der Waals surface area contributed by atoms with E-state index in [1.807, 2.05) is 6.92 Å². The first-order valence-corrected chi connectivity index (χ1v) is 6.38. The molecular formula is C11H18N2OS. The average molecular weight is 226 g/mol. The van der Waals surface area contributed by atoms with Crippen molar-refractivity contribution < 1.29 is 4.74 Å². The summed E-state index contributed by atoms with van der Waals surface area (Å²) in [5.41, 5.74) is 1.16. The van der Waals surface area contributed by atoms with Crippen molar-refractivity contribution in [3.8, 4) is 0 Å². The van der Waals surface area contributed by atoms with Crippen molar-refractivity contribution in [1.29, 1.82) is 0 Å². The van der Waals surface area contributed by atoms with Gasteiger partial charge in [0, 0.05) is 24.6 Å². The van der Waals surface area contributed by atoms with Crippen molar-refractivity contribution in [3.63, 3.8) is 0 Å². The van der Waals surface area contributed by atoms with Gasteiger partial charge in [-0.25, -0.2) is 4.98 Å². The Morgan fingerprint density at radius 3 is 3.20 bits per heavy atom. The smallest absolute Gasteiger partial charge is 0.0897 e. The van der Waals surface area contributed by atoms with Crippen LogP contribution in [0, 0.1) is 6.92 Å². The molecule has 0 bridgehead atoms. The molecule has 0 aliphatic carbocycles. The number of aromatic nitrogens is 1. The lowest BCUT2D eigenvalue weighted by Crippen LogP contribution is -2.37. The van der Waals surface area contributed by atoms with Crippen LogP contribution >= 0.6 is 11.3 Å². The average Bonchev–Trinajstić information content (AvgIpc) is 2.62. The fraction of sp³-hybridized carbons (Fsp3) is 0.727. The number of ether oxygens (including phenoxy) is 1. The molecule has 1 N–H and O–H groups in total. The first kappa shape index (κ1) is 11.0. The summed E-state index contributed by atoms with van der Waals surface area (Å²) in [7, 11) is 0. The van der Waals surface area contributed by atoms with Gasteiger partial charge in [0.05, 0.1) is 16.8 Å². The number of aryl methyl sites for hydroxylation is 1. The monoisotopic (exact) mass is 226 g/mol. The highest BCUT2D eigenvalue weighted by Gasteiger charge is 2.18. The zero-order valence-electron chi connectivity index (χ0n) is 9.32. The normalized spacial score (nSPS) is 26.8. The Hall–Kier alpha value is -0.450. The Balaban J connectivity index is 1.77. The summed E-state index contributed by atoms with van der Waals surface area (Å²) in [5, 5.41) is 6.82. The minimum atomic E-state index is 0.397. The molecule has 1 aromatic rings. The first-order chi connectivity index (χ1) is 7.24. The van der Waals surface area contributed by atoms with Gasteiger partial charge < -0.3 is 10.1 Å². The van der Waals surface area contributed by atoms with Gasteiger partial charge in [-0.1, -0.05) is 0 Å². The van der Waals surface area contributed by atoms with Crippen LogP contribution in [0.4, 0.5) is 0 Å². The molecule has 2 atom stereocenters. The van der Waals surface area contributed by atoms with Crippen LogP contribution in [0.3, 0.4) is 0 Å². The molecule has 2 unspecified atom stereocenters. The van der Waals surface area contributed by atoms with Gasteiger partial charge >= 0.3 is 0 Å². The lowest BCUT2D eigenvalue weighted by molar-refractivity contribution is 0.0130. The maximum atomic E-state index is 5.51. The molecule has 3 nitrogen and oxygen atoms in total. The largest absolute Gasteiger partial charge is 0.378 e. The van der Waals surface area contributed by atoms with Gasteiger partial charge in [0.1, 0.15) is 0 Å². The predicted octanol–water partition coefficient (Wildman–Crippen LogP) is 2.11. The van der Waals surface area contributed by atoms with Crippen LogP contribution in [-0.4, -0.2) is 23.7 Å². The van der Waals surface area contributed by atoms with E-state index in [-0.39, 0.29) is 0 Å². The molecule has 4 heteroatoms. The van der Waals surface area contributed by atoms with E-state index in [0.29, 0.717) is 12.1 Å². The van der Waals surface area contributed by atoms with Crippen molar-refractivity contribution in [2.45, 2.75) is 45.4 Å². The lowest BCUT2D eigenvalue weighted by atomic mass is 10.0. The highest BCUT2D eigenvalue weighted by molar-refractivity contribution is 7.09. The number of hydrogen-bond donors (Lipinski definition) is 1. The van der Waals surface area contributed by atoms with Crippen molar-refractivity contribution >= 4 is 11.3 Å². The quantitative estimate of drug-likeness (QED) is 0.857. The zero-order chi connectivity index (χ0) is 10.7. The van der Waals surface area contributed by atoms with E-state index in [2.05, 4.69) is 22.6 Å². The molecule has 15 heavy (non-hydrogen) atoms. The zero-order valence-corrected chi connectivity index (χ0v) is 10.1. The van der Waals surface area contributed by atoms with E-state index in [9.17, 15) is 0 Å². The number of nitrogens with zero attached hydrogens (tertiary/aromatic N) is 1. The van der Waals surface area contributed by atoms with Crippen LogP contribution in [-0.2, 0) is 11.3 Å². The van der Waals surface area contributed by atoms with E-state index in [1.165, 1.54) is 0 Å². The Morgan fingerprint density at radius 2 is 2.53 bits per heavy atom. The fourth-order valence-electron chi connectivity index (χ4n) is 1.92. The Labute approximate surface area is 94.9 Å². The summed E-state index contributed by atoms with van der Waals surface area (Å²) in [4.78, 5) is 4.44. The van der Waals surface area contributed by atoms with Crippen molar-refractivity contribution in [2.75, 3.05) is 6.61 Å². The third-order valence-electron chi connectivity index (χ3n) is 2.72. The predicted molar refractivity (Wildman–Crippen MR) is 62.1 cm³/mol. The molecule has 1 saturated heterocycles. The van der Waals surface area contributed by atoms with Gasteiger partial charge in [0.2, 0.25) is 0 Å². The van der Waals surface area contributed by atoms with Crippen LogP contribution in [0.5, 0.6) is 0 Å². The fourth-order valence-corrected chi connectivity index (χ4v) is 2.53. The standard InChI is InChI=1S/C11H18N2OS/c1-8-5-10(3-4-14-8)12-6-11-7-15-9(2)13-11/h7-8,10,12H,3-6H2,1-2H3. The minimum absolute atomic E-state index is 0.397. The second kappa shape index (κ2) is 5.05. The summed E-state index contributed by atoms with van der Waals surface area (Å²) in [6.07, 6.45) is 2.63. The molecular weight excluding hydrogens is 208 g/mol. The van der Waals surface area contributed by atoms with E-state index >= 15 is 0 Å². The summed E-state index contributed by atoms with van der Waals surface area (Å²) in [6.45, 7) is 5.96. The summed E-state index contributed by atoms with van der Waals surface area (Å²) < 4.78 is 5.51. The second-order valence-corrected chi connectivity index (χ2v) is 5.20. The number of nitrogens with one attached hydrogen (secondary N) is 1. The molecule has 1 aliphatic heterocycles. The molecule has 1 fully saturated rings. The van der Waals surface area contributed by atoms with Crippen molar-refractivity contribution in [3.05, 3.63) is 16.1 Å². The van der Waals surface area contributed by atoms with E-state index in [1.54, 1.807) is 11.3 Å². The van der Waals surface area contributed by atoms with E-state index < -0.39 is 0 Å². The van der Waals surface area contributed by atoms with Crippen LogP contribution in [0.1, 0.15) is 30.5 Å². The summed E-state index contributed by atoms with van der Waals surface area (Å²) in [5.74, 6) is 0. The van der Waals surface area contributed by atoms with Gasteiger partial charge in [-0.3, -0.25) is 0 Å².